The molecule has 0 aliphatic heterocycles. The highest BCUT2D eigenvalue weighted by Crippen LogP contribution is 2.30. The van der Waals surface area contributed by atoms with Gasteiger partial charge in [0.15, 0.2) is 0 Å². The van der Waals surface area contributed by atoms with Gasteiger partial charge in [0.05, 0.1) is 22.4 Å². The second-order valence-corrected chi connectivity index (χ2v) is 4.08. The molecule has 0 aromatic carbocycles. The molecule has 3 aromatic rings. The number of nitrogen functional groups attached to an aromatic ring is 1. The van der Waals surface area contributed by atoms with Crippen LogP contribution in [0.1, 0.15) is 0 Å². The summed E-state index contributed by atoms with van der Waals surface area (Å²) >= 11 is 1.44. The summed E-state index contributed by atoms with van der Waals surface area (Å²) in [6.07, 6.45) is 3.12. The molecule has 6 heteroatoms. The van der Waals surface area contributed by atoms with Gasteiger partial charge in [-0.3, -0.25) is 0 Å². The van der Waals surface area contributed by atoms with E-state index in [1.54, 1.807) is 18.6 Å². The van der Waals surface area contributed by atoms with Crippen molar-refractivity contribution in [3.8, 4) is 22.8 Å². The van der Waals surface area contributed by atoms with Crippen molar-refractivity contribution in [1.82, 2.24) is 10.1 Å². The van der Waals surface area contributed by atoms with Crippen molar-refractivity contribution in [3.63, 3.8) is 0 Å². The van der Waals surface area contributed by atoms with Crippen molar-refractivity contribution in [3.05, 3.63) is 30.0 Å². The lowest BCUT2D eigenvalue weighted by molar-refractivity contribution is 0.432. The lowest BCUT2D eigenvalue weighted by atomic mass is 10.3. The molecule has 3 heterocycles. The summed E-state index contributed by atoms with van der Waals surface area (Å²) in [6.45, 7) is 0. The summed E-state index contributed by atoms with van der Waals surface area (Å²) in [7, 11) is 0. The number of anilines is 1. The molecule has 0 atom stereocenters. The Balaban J connectivity index is 2.03. The number of nitrogens with two attached hydrogens (primary N) is 1. The van der Waals surface area contributed by atoms with Crippen LogP contribution in [0.15, 0.2) is 39.0 Å². The molecule has 0 fully saturated rings. The Morgan fingerprint density at radius 1 is 1.31 bits per heavy atom. The zero-order valence-corrected chi connectivity index (χ0v) is 8.90. The van der Waals surface area contributed by atoms with Crippen molar-refractivity contribution in [1.29, 1.82) is 0 Å². The highest BCUT2D eigenvalue weighted by atomic mass is 32.1. The molecular formula is C10H7N3O2S. The fourth-order valence-corrected chi connectivity index (χ4v) is 1.97. The van der Waals surface area contributed by atoms with Crippen LogP contribution in [0.5, 0.6) is 0 Å². The first-order valence-electron chi connectivity index (χ1n) is 4.54. The number of hydrogen-bond donors (Lipinski definition) is 1. The lowest BCUT2D eigenvalue weighted by Crippen LogP contribution is -1.83. The summed E-state index contributed by atoms with van der Waals surface area (Å²) in [5, 5.41) is 6.41. The van der Waals surface area contributed by atoms with Crippen molar-refractivity contribution < 1.29 is 8.94 Å². The molecule has 16 heavy (non-hydrogen) atoms. The molecule has 0 bridgehead atoms. The average Bonchev–Trinajstić information content (AvgIpc) is 2.96. The van der Waals surface area contributed by atoms with Gasteiger partial charge in [-0.2, -0.15) is 4.98 Å². The fraction of sp³-hybridized carbons (Fsp3) is 0. The van der Waals surface area contributed by atoms with Gasteiger partial charge in [-0.25, -0.2) is 0 Å². The third kappa shape index (κ3) is 1.40. The van der Waals surface area contributed by atoms with E-state index < -0.39 is 0 Å². The van der Waals surface area contributed by atoms with Crippen LogP contribution in [0, 0.1) is 0 Å². The highest BCUT2D eigenvalue weighted by Gasteiger charge is 2.14. The normalized spacial score (nSPS) is 10.8. The van der Waals surface area contributed by atoms with E-state index >= 15 is 0 Å². The SMILES string of the molecule is Nc1sccc1-c1nc(-c2ccoc2)no1. The second kappa shape index (κ2) is 3.49. The van der Waals surface area contributed by atoms with Crippen molar-refractivity contribution >= 4 is 16.3 Å². The predicted octanol–water partition coefficient (Wildman–Crippen LogP) is 2.64. The number of hydrogen-bond acceptors (Lipinski definition) is 6. The van der Waals surface area contributed by atoms with E-state index in [9.17, 15) is 0 Å². The van der Waals surface area contributed by atoms with E-state index in [1.807, 2.05) is 11.4 Å². The van der Waals surface area contributed by atoms with Gasteiger partial charge in [-0.15, -0.1) is 11.3 Å². The zero-order chi connectivity index (χ0) is 11.0. The third-order valence-electron chi connectivity index (χ3n) is 2.13. The van der Waals surface area contributed by atoms with E-state index in [4.69, 9.17) is 14.7 Å². The van der Waals surface area contributed by atoms with Crippen LogP contribution in [0.25, 0.3) is 22.8 Å². The molecule has 0 unspecified atom stereocenters. The summed E-state index contributed by atoms with van der Waals surface area (Å²) in [6, 6.07) is 3.62. The van der Waals surface area contributed by atoms with Gasteiger partial charge in [-0.05, 0) is 17.5 Å². The lowest BCUT2D eigenvalue weighted by Gasteiger charge is -1.88. The quantitative estimate of drug-likeness (QED) is 0.736. The van der Waals surface area contributed by atoms with Crippen molar-refractivity contribution in [2.75, 3.05) is 5.73 Å². The Morgan fingerprint density at radius 2 is 2.25 bits per heavy atom. The molecule has 2 N–H and O–H groups in total. The monoisotopic (exact) mass is 233 g/mol. The molecule has 3 aromatic heterocycles. The van der Waals surface area contributed by atoms with Gasteiger partial charge in [0.25, 0.3) is 5.89 Å². The Kier molecular flexibility index (Phi) is 2.00. The molecule has 0 spiro atoms. The van der Waals surface area contributed by atoms with E-state index in [2.05, 4.69) is 10.1 Å². The number of aromatic nitrogens is 2. The molecular weight excluding hydrogens is 226 g/mol. The molecule has 0 aliphatic carbocycles. The Morgan fingerprint density at radius 3 is 2.94 bits per heavy atom. The first-order valence-corrected chi connectivity index (χ1v) is 5.42. The van der Waals surface area contributed by atoms with E-state index in [0.717, 1.165) is 11.1 Å². The van der Waals surface area contributed by atoms with Crippen LogP contribution in [-0.2, 0) is 0 Å². The molecule has 0 saturated heterocycles. The zero-order valence-electron chi connectivity index (χ0n) is 8.08. The first kappa shape index (κ1) is 9.17. The number of rotatable bonds is 2. The Bertz CT molecular complexity index is 597. The number of furan rings is 1. The van der Waals surface area contributed by atoms with Gasteiger partial charge in [0, 0.05) is 0 Å². The van der Waals surface area contributed by atoms with Crippen LogP contribution in [-0.4, -0.2) is 10.1 Å². The number of thiophene rings is 1. The van der Waals surface area contributed by atoms with E-state index in [0.29, 0.717) is 16.7 Å². The maximum Gasteiger partial charge on any atom is 0.261 e. The van der Waals surface area contributed by atoms with Gasteiger partial charge < -0.3 is 14.7 Å². The predicted molar refractivity (Wildman–Crippen MR) is 59.7 cm³/mol. The second-order valence-electron chi connectivity index (χ2n) is 3.13. The molecule has 0 radical (unpaired) electrons. The molecule has 5 nitrogen and oxygen atoms in total. The average molecular weight is 233 g/mol. The summed E-state index contributed by atoms with van der Waals surface area (Å²) in [4.78, 5) is 4.24. The molecule has 0 amide bonds. The minimum atomic E-state index is 0.426. The standard InChI is InChI=1S/C10H7N3O2S/c11-8-7(2-4-16-8)10-12-9(13-15-10)6-1-3-14-5-6/h1-5H,11H2. The number of nitrogens with zero attached hydrogens (tertiary/aromatic N) is 2. The molecule has 3 rings (SSSR count). The first-order chi connectivity index (χ1) is 7.84. The highest BCUT2D eigenvalue weighted by molar-refractivity contribution is 7.14. The van der Waals surface area contributed by atoms with Crippen LogP contribution in [0.3, 0.4) is 0 Å². The van der Waals surface area contributed by atoms with Crippen molar-refractivity contribution in [2.45, 2.75) is 0 Å². The third-order valence-corrected chi connectivity index (χ3v) is 2.88. The minimum Gasteiger partial charge on any atom is -0.472 e. The van der Waals surface area contributed by atoms with Gasteiger partial charge in [-0.1, -0.05) is 5.16 Å². The minimum absolute atomic E-state index is 0.426. The van der Waals surface area contributed by atoms with Gasteiger partial charge in [0.1, 0.15) is 6.26 Å². The summed E-state index contributed by atoms with van der Waals surface area (Å²) < 4.78 is 10.1. The summed E-state index contributed by atoms with van der Waals surface area (Å²) in [5.74, 6) is 0.921. The largest absolute Gasteiger partial charge is 0.472 e. The van der Waals surface area contributed by atoms with Crippen molar-refractivity contribution in [2.24, 2.45) is 0 Å². The van der Waals surface area contributed by atoms with E-state index in [1.165, 1.54) is 11.3 Å². The van der Waals surface area contributed by atoms with Crippen LogP contribution < -0.4 is 5.73 Å². The Hall–Kier alpha value is -2.08. The summed E-state index contributed by atoms with van der Waals surface area (Å²) in [5.41, 5.74) is 7.32. The molecule has 0 saturated carbocycles. The van der Waals surface area contributed by atoms with Crippen LogP contribution in [0.4, 0.5) is 5.00 Å². The molecule has 0 aliphatic rings. The fourth-order valence-electron chi connectivity index (χ4n) is 1.34. The molecule has 80 valence electrons. The van der Waals surface area contributed by atoms with E-state index in [-0.39, 0.29) is 0 Å². The maximum absolute atomic E-state index is 5.77. The Labute approximate surface area is 94.5 Å². The van der Waals surface area contributed by atoms with Gasteiger partial charge >= 0.3 is 0 Å². The van der Waals surface area contributed by atoms with Gasteiger partial charge in [0.2, 0.25) is 5.82 Å². The topological polar surface area (TPSA) is 78.1 Å². The van der Waals surface area contributed by atoms with Crippen LogP contribution >= 0.6 is 11.3 Å². The maximum atomic E-state index is 5.77. The smallest absolute Gasteiger partial charge is 0.261 e. The van der Waals surface area contributed by atoms with Crippen LogP contribution in [0.2, 0.25) is 0 Å².